The maximum Gasteiger partial charge on any atom is 0.338 e. The summed E-state index contributed by atoms with van der Waals surface area (Å²) < 4.78 is 24.1. The Balaban J connectivity index is 1.98. The second-order valence-electron chi connectivity index (χ2n) is 8.19. The molecule has 1 aromatic heterocycles. The smallest absolute Gasteiger partial charge is 0.338 e. The summed E-state index contributed by atoms with van der Waals surface area (Å²) in [5, 5.41) is 0. The summed E-state index contributed by atoms with van der Waals surface area (Å²) in [7, 11) is 3.04. The van der Waals surface area contributed by atoms with E-state index < -0.39 is 18.0 Å². The topological polar surface area (TPSA) is 105 Å². The zero-order chi connectivity index (χ0) is 27.6. The van der Waals surface area contributed by atoms with E-state index in [9.17, 15) is 14.4 Å². The molecule has 0 radical (unpaired) electrons. The molecule has 0 aliphatic carbocycles. The van der Waals surface area contributed by atoms with Crippen LogP contribution in [0.1, 0.15) is 37.9 Å². The summed E-state index contributed by atoms with van der Waals surface area (Å²) in [6, 6.07) is 9.53. The summed E-state index contributed by atoms with van der Waals surface area (Å²) in [4.78, 5) is 43.6. The number of allylic oxidation sites excluding steroid dienone is 1. The third-order valence-corrected chi connectivity index (χ3v) is 7.23. The van der Waals surface area contributed by atoms with Gasteiger partial charge in [-0.15, -0.1) is 0 Å². The van der Waals surface area contributed by atoms with Crippen molar-refractivity contribution in [1.29, 1.82) is 0 Å². The van der Waals surface area contributed by atoms with Crippen LogP contribution in [0.3, 0.4) is 0 Å². The zero-order valence-corrected chi connectivity index (χ0v) is 23.8. The van der Waals surface area contributed by atoms with Gasteiger partial charge >= 0.3 is 11.9 Å². The first kappa shape index (κ1) is 27.3. The molecule has 1 atom stereocenters. The van der Waals surface area contributed by atoms with Crippen LogP contribution < -0.4 is 29.1 Å². The molecular formula is C27H25BrN2O7S. The van der Waals surface area contributed by atoms with E-state index in [1.165, 1.54) is 37.0 Å². The summed E-state index contributed by atoms with van der Waals surface area (Å²) in [6.45, 7) is 4.90. The number of benzene rings is 2. The van der Waals surface area contributed by atoms with Crippen molar-refractivity contribution >= 4 is 45.3 Å². The van der Waals surface area contributed by atoms with Gasteiger partial charge < -0.3 is 18.9 Å². The van der Waals surface area contributed by atoms with Crippen LogP contribution in [0.15, 0.2) is 61.9 Å². The van der Waals surface area contributed by atoms with Gasteiger partial charge in [0.2, 0.25) is 0 Å². The Kier molecular flexibility index (Phi) is 8.17. The number of carbonyl (C=O) groups is 2. The largest absolute Gasteiger partial charge is 0.493 e. The first-order chi connectivity index (χ1) is 18.2. The normalized spacial score (nSPS) is 15.0. The number of fused-ring (bicyclic) bond motifs is 1. The van der Waals surface area contributed by atoms with Crippen LogP contribution in [-0.4, -0.2) is 37.3 Å². The Morgan fingerprint density at radius 2 is 1.82 bits per heavy atom. The molecule has 198 valence electrons. The van der Waals surface area contributed by atoms with Crippen LogP contribution in [-0.2, 0) is 14.3 Å². The molecule has 2 aromatic carbocycles. The number of nitrogens with zero attached hydrogens (tertiary/aromatic N) is 2. The number of esters is 2. The Hall–Kier alpha value is -3.70. The molecule has 1 aliphatic heterocycles. The molecule has 11 heteroatoms. The molecule has 38 heavy (non-hydrogen) atoms. The molecule has 0 bridgehead atoms. The van der Waals surface area contributed by atoms with Gasteiger partial charge in [-0.25, -0.2) is 9.79 Å². The van der Waals surface area contributed by atoms with Gasteiger partial charge in [-0.05, 0) is 55.8 Å². The fourth-order valence-corrected chi connectivity index (χ4v) is 5.57. The van der Waals surface area contributed by atoms with E-state index in [1.807, 2.05) is 0 Å². The van der Waals surface area contributed by atoms with Crippen molar-refractivity contribution in [3.8, 4) is 17.2 Å². The van der Waals surface area contributed by atoms with E-state index in [2.05, 4.69) is 20.9 Å². The number of hydrogen-bond acceptors (Lipinski definition) is 9. The van der Waals surface area contributed by atoms with Crippen LogP contribution in [0.5, 0.6) is 17.2 Å². The Morgan fingerprint density at radius 3 is 2.47 bits per heavy atom. The number of thiazole rings is 1. The van der Waals surface area contributed by atoms with Crippen molar-refractivity contribution in [3.05, 3.63) is 83.0 Å². The van der Waals surface area contributed by atoms with Gasteiger partial charge in [0.25, 0.3) is 5.56 Å². The first-order valence-corrected chi connectivity index (χ1v) is 13.2. The average molecular weight is 601 g/mol. The number of methoxy groups -OCH3 is 2. The molecule has 9 nitrogen and oxygen atoms in total. The van der Waals surface area contributed by atoms with Gasteiger partial charge in [0, 0.05) is 17.0 Å². The standard InChI is InChI=1S/C27H25BrN2O7S/c1-6-36-26(33)23-14(2)29-27-30(24(23)16-7-9-20(34-4)21(12-16)35-5)25(32)22(38-27)13-17-11-18(28)8-10-19(17)37-15(3)31/h7-13,24H,6H2,1-5H3/b22-13+/t24-/m1/s1. The van der Waals surface area contributed by atoms with E-state index in [4.69, 9.17) is 18.9 Å². The molecule has 1 aliphatic rings. The summed E-state index contributed by atoms with van der Waals surface area (Å²) >= 11 is 4.59. The summed E-state index contributed by atoms with van der Waals surface area (Å²) in [5.41, 5.74) is 1.48. The molecule has 4 rings (SSSR count). The minimum absolute atomic E-state index is 0.167. The van der Waals surface area contributed by atoms with Crippen molar-refractivity contribution < 1.29 is 28.5 Å². The fourth-order valence-electron chi connectivity index (χ4n) is 4.15. The van der Waals surface area contributed by atoms with E-state index in [-0.39, 0.29) is 17.7 Å². The predicted molar refractivity (Wildman–Crippen MR) is 145 cm³/mol. The van der Waals surface area contributed by atoms with E-state index >= 15 is 0 Å². The Bertz CT molecular complexity index is 1640. The Labute approximate surface area is 230 Å². The molecule has 0 saturated carbocycles. The van der Waals surface area contributed by atoms with Gasteiger partial charge in [0.05, 0.1) is 42.7 Å². The molecule has 3 aromatic rings. The van der Waals surface area contributed by atoms with E-state index in [1.54, 1.807) is 56.3 Å². The lowest BCUT2D eigenvalue weighted by Gasteiger charge is -2.25. The lowest BCUT2D eigenvalue weighted by Crippen LogP contribution is -2.40. The number of aromatic nitrogens is 1. The molecule has 0 amide bonds. The third kappa shape index (κ3) is 5.30. The molecule has 2 heterocycles. The highest BCUT2D eigenvalue weighted by Gasteiger charge is 2.34. The molecule has 0 spiro atoms. The fraction of sp³-hybridized carbons (Fsp3) is 0.259. The van der Waals surface area contributed by atoms with E-state index in [0.717, 1.165) is 4.47 Å². The van der Waals surface area contributed by atoms with Crippen LogP contribution in [0.2, 0.25) is 0 Å². The predicted octanol–water partition coefficient (Wildman–Crippen LogP) is 3.50. The van der Waals surface area contributed by atoms with Gasteiger partial charge in [-0.2, -0.15) is 0 Å². The van der Waals surface area contributed by atoms with Gasteiger partial charge in [0.15, 0.2) is 16.3 Å². The molecule has 0 fully saturated rings. The molecule has 0 N–H and O–H groups in total. The number of rotatable bonds is 7. The maximum atomic E-state index is 13.9. The summed E-state index contributed by atoms with van der Waals surface area (Å²) in [5.74, 6) is 0.227. The average Bonchev–Trinajstić information content (AvgIpc) is 3.18. The van der Waals surface area contributed by atoms with E-state index in [0.29, 0.717) is 43.4 Å². The van der Waals surface area contributed by atoms with Gasteiger partial charge in [-0.3, -0.25) is 14.2 Å². The highest BCUT2D eigenvalue weighted by Crippen LogP contribution is 2.36. The van der Waals surface area contributed by atoms with Crippen molar-refractivity contribution in [3.63, 3.8) is 0 Å². The van der Waals surface area contributed by atoms with Crippen LogP contribution in [0.25, 0.3) is 6.08 Å². The van der Waals surface area contributed by atoms with Gasteiger partial charge in [-0.1, -0.05) is 33.3 Å². The second-order valence-corrected chi connectivity index (χ2v) is 10.1. The highest BCUT2D eigenvalue weighted by molar-refractivity contribution is 9.10. The monoisotopic (exact) mass is 600 g/mol. The quantitative estimate of drug-likeness (QED) is 0.302. The maximum absolute atomic E-state index is 13.9. The second kappa shape index (κ2) is 11.4. The van der Waals surface area contributed by atoms with Crippen LogP contribution in [0, 0.1) is 0 Å². The lowest BCUT2D eigenvalue weighted by atomic mass is 9.95. The molecule has 0 unspecified atom stereocenters. The number of hydrogen-bond donors (Lipinski definition) is 0. The van der Waals surface area contributed by atoms with Gasteiger partial charge in [0.1, 0.15) is 5.75 Å². The van der Waals surface area contributed by atoms with Crippen LogP contribution in [0.4, 0.5) is 0 Å². The lowest BCUT2D eigenvalue weighted by molar-refractivity contribution is -0.139. The van der Waals surface area contributed by atoms with Crippen molar-refractivity contribution in [2.75, 3.05) is 20.8 Å². The number of ether oxygens (including phenoxy) is 4. The Morgan fingerprint density at radius 1 is 1.11 bits per heavy atom. The summed E-state index contributed by atoms with van der Waals surface area (Å²) in [6.07, 6.45) is 1.64. The molecule has 0 saturated heterocycles. The third-order valence-electron chi connectivity index (χ3n) is 5.75. The minimum Gasteiger partial charge on any atom is -0.493 e. The minimum atomic E-state index is -0.817. The number of carbonyl (C=O) groups excluding carboxylic acids is 2. The van der Waals surface area contributed by atoms with Crippen LogP contribution >= 0.6 is 27.3 Å². The molecular weight excluding hydrogens is 576 g/mol. The van der Waals surface area contributed by atoms with Crippen molar-refractivity contribution in [1.82, 2.24) is 4.57 Å². The van der Waals surface area contributed by atoms with Crippen molar-refractivity contribution in [2.24, 2.45) is 4.99 Å². The van der Waals surface area contributed by atoms with Crippen molar-refractivity contribution in [2.45, 2.75) is 26.8 Å². The first-order valence-electron chi connectivity index (χ1n) is 11.6. The number of halogens is 1. The highest BCUT2D eigenvalue weighted by atomic mass is 79.9. The zero-order valence-electron chi connectivity index (χ0n) is 21.4. The SMILES string of the molecule is CCOC(=O)C1=C(C)N=c2s/c(=C/c3cc(Br)ccc3OC(C)=O)c(=O)n2[C@@H]1c1ccc(OC)c(OC)c1.